The summed E-state index contributed by atoms with van der Waals surface area (Å²) in [5.41, 5.74) is 1.85. The van der Waals surface area contributed by atoms with Crippen LogP contribution in [0.2, 0.25) is 5.02 Å². The number of fused-ring (bicyclic) bond motifs is 3. The summed E-state index contributed by atoms with van der Waals surface area (Å²) in [6, 6.07) is 5.74. The van der Waals surface area contributed by atoms with Crippen LogP contribution in [0.15, 0.2) is 30.6 Å². The minimum atomic E-state index is 0.292. The van der Waals surface area contributed by atoms with Gasteiger partial charge in [0.15, 0.2) is 17.3 Å². The zero-order valence-corrected chi connectivity index (χ0v) is 20.3. The van der Waals surface area contributed by atoms with Gasteiger partial charge >= 0.3 is 0 Å². The van der Waals surface area contributed by atoms with E-state index in [1.807, 2.05) is 35.3 Å². The molecule has 10 heteroatoms. The number of hydrogen-bond acceptors (Lipinski definition) is 8. The van der Waals surface area contributed by atoms with Gasteiger partial charge in [0.2, 0.25) is 0 Å². The molecule has 5 rings (SSSR count). The van der Waals surface area contributed by atoms with Gasteiger partial charge in [-0.05, 0) is 37.5 Å². The Kier molecular flexibility index (Phi) is 6.38. The molecule has 0 saturated carbocycles. The monoisotopic (exact) mass is 481 g/mol. The number of nitrogens with zero attached hydrogens (tertiary/aromatic N) is 6. The Labute approximate surface area is 203 Å². The van der Waals surface area contributed by atoms with Gasteiger partial charge in [-0.2, -0.15) is 5.10 Å². The van der Waals surface area contributed by atoms with E-state index in [2.05, 4.69) is 32.4 Å². The van der Waals surface area contributed by atoms with E-state index in [1.165, 1.54) is 0 Å². The first kappa shape index (κ1) is 22.6. The van der Waals surface area contributed by atoms with E-state index in [9.17, 15) is 0 Å². The highest BCUT2D eigenvalue weighted by Crippen LogP contribution is 2.35. The average Bonchev–Trinajstić information content (AvgIpc) is 3.31. The van der Waals surface area contributed by atoms with Gasteiger partial charge in [0.05, 0.1) is 29.8 Å². The SMILES string of the molecule is CCn1ncc2c3c(NCc4ccc(OC)c(Cl)c4)nnc(N4CCC(OC)CC4)c3cnc21. The summed E-state index contributed by atoms with van der Waals surface area (Å²) < 4.78 is 12.7. The second-order valence-corrected chi connectivity index (χ2v) is 8.77. The highest BCUT2D eigenvalue weighted by Gasteiger charge is 2.24. The molecule has 1 fully saturated rings. The van der Waals surface area contributed by atoms with Gasteiger partial charge in [-0.15, -0.1) is 10.2 Å². The molecule has 1 saturated heterocycles. The number of rotatable bonds is 7. The molecule has 0 aliphatic carbocycles. The number of ether oxygens (including phenoxy) is 2. The molecule has 3 aromatic heterocycles. The Hall–Kier alpha value is -3.17. The molecule has 9 nitrogen and oxygen atoms in total. The molecular weight excluding hydrogens is 454 g/mol. The fourth-order valence-corrected chi connectivity index (χ4v) is 4.83. The fraction of sp³-hybridized carbons (Fsp3) is 0.417. The maximum absolute atomic E-state index is 6.32. The zero-order valence-electron chi connectivity index (χ0n) is 19.6. The number of pyridine rings is 1. The molecule has 1 N–H and O–H groups in total. The van der Waals surface area contributed by atoms with E-state index in [0.29, 0.717) is 29.2 Å². The summed E-state index contributed by atoms with van der Waals surface area (Å²) in [6.45, 7) is 5.07. The molecule has 178 valence electrons. The summed E-state index contributed by atoms with van der Waals surface area (Å²) in [5.74, 6) is 2.19. The number of piperidine rings is 1. The number of aryl methyl sites for hydroxylation is 1. The van der Waals surface area contributed by atoms with Crippen molar-refractivity contribution in [2.75, 3.05) is 37.5 Å². The standard InChI is InChI=1S/C24H28ClN7O2/c1-4-32-23-18(14-28-32)21-17(13-27-23)24(31-9-7-16(33-2)8-10-31)30-29-22(21)26-12-15-5-6-20(34-3)19(25)11-15/h5-6,11,13-14,16H,4,7-10,12H2,1-3H3,(H,26,29). The third kappa shape index (κ3) is 4.10. The summed E-state index contributed by atoms with van der Waals surface area (Å²) in [5, 5.41) is 20.7. The number of anilines is 2. The highest BCUT2D eigenvalue weighted by atomic mass is 35.5. The molecule has 1 aliphatic rings. The molecule has 4 heterocycles. The molecule has 4 aromatic rings. The third-order valence-electron chi connectivity index (χ3n) is 6.44. The molecule has 0 bridgehead atoms. The highest BCUT2D eigenvalue weighted by molar-refractivity contribution is 6.32. The van der Waals surface area contributed by atoms with E-state index in [0.717, 1.165) is 65.7 Å². The van der Waals surface area contributed by atoms with E-state index in [4.69, 9.17) is 26.1 Å². The summed E-state index contributed by atoms with van der Waals surface area (Å²) >= 11 is 6.32. The van der Waals surface area contributed by atoms with Gasteiger partial charge < -0.3 is 19.7 Å². The number of hydrogen-bond donors (Lipinski definition) is 1. The topological polar surface area (TPSA) is 90.2 Å². The maximum atomic E-state index is 6.32. The number of methoxy groups -OCH3 is 2. The minimum Gasteiger partial charge on any atom is -0.495 e. The quantitative estimate of drug-likeness (QED) is 0.418. The van der Waals surface area contributed by atoms with Crippen molar-refractivity contribution in [1.29, 1.82) is 0 Å². The predicted octanol–water partition coefficient (Wildman–Crippen LogP) is 4.28. The lowest BCUT2D eigenvalue weighted by Gasteiger charge is -2.32. The lowest BCUT2D eigenvalue weighted by atomic mass is 10.1. The van der Waals surface area contributed by atoms with Crippen molar-refractivity contribution >= 4 is 45.0 Å². The van der Waals surface area contributed by atoms with Crippen molar-refractivity contribution in [3.8, 4) is 5.75 Å². The normalized spacial score (nSPS) is 14.8. The number of nitrogens with one attached hydrogen (secondary N) is 1. The van der Waals surface area contributed by atoms with Crippen molar-refractivity contribution in [3.63, 3.8) is 0 Å². The summed E-state index contributed by atoms with van der Waals surface area (Å²) in [4.78, 5) is 7.01. The van der Waals surface area contributed by atoms with Crippen LogP contribution in [0.1, 0.15) is 25.3 Å². The van der Waals surface area contributed by atoms with Gasteiger partial charge in [0, 0.05) is 50.3 Å². The Morgan fingerprint density at radius 2 is 1.94 bits per heavy atom. The predicted molar refractivity (Wildman–Crippen MR) is 134 cm³/mol. The van der Waals surface area contributed by atoms with Crippen molar-refractivity contribution in [1.82, 2.24) is 25.0 Å². The van der Waals surface area contributed by atoms with Crippen LogP contribution in [0.3, 0.4) is 0 Å². The molecule has 1 aromatic carbocycles. The first-order valence-electron chi connectivity index (χ1n) is 11.5. The molecule has 1 aliphatic heterocycles. The van der Waals surface area contributed by atoms with Crippen LogP contribution in [0.5, 0.6) is 5.75 Å². The van der Waals surface area contributed by atoms with Crippen LogP contribution in [-0.4, -0.2) is 58.4 Å². The average molecular weight is 482 g/mol. The first-order chi connectivity index (χ1) is 16.6. The summed E-state index contributed by atoms with van der Waals surface area (Å²) in [6.07, 6.45) is 5.97. The number of benzene rings is 1. The van der Waals surface area contributed by atoms with E-state index in [-0.39, 0.29) is 0 Å². The van der Waals surface area contributed by atoms with E-state index < -0.39 is 0 Å². The Morgan fingerprint density at radius 3 is 2.65 bits per heavy atom. The zero-order chi connectivity index (χ0) is 23.7. The molecule has 0 atom stereocenters. The Balaban J connectivity index is 1.55. The first-order valence-corrected chi connectivity index (χ1v) is 11.9. The van der Waals surface area contributed by atoms with Crippen LogP contribution in [0.4, 0.5) is 11.6 Å². The van der Waals surface area contributed by atoms with E-state index >= 15 is 0 Å². The molecule has 0 radical (unpaired) electrons. The minimum absolute atomic E-state index is 0.292. The molecule has 34 heavy (non-hydrogen) atoms. The van der Waals surface area contributed by atoms with Crippen molar-refractivity contribution in [3.05, 3.63) is 41.2 Å². The maximum Gasteiger partial charge on any atom is 0.160 e. The second kappa shape index (κ2) is 9.60. The second-order valence-electron chi connectivity index (χ2n) is 8.36. The van der Waals surface area contributed by atoms with Gasteiger partial charge in [-0.1, -0.05) is 17.7 Å². The Morgan fingerprint density at radius 1 is 1.12 bits per heavy atom. The Bertz CT molecular complexity index is 1320. The molecular formula is C24H28ClN7O2. The van der Waals surface area contributed by atoms with Gasteiger partial charge in [-0.25, -0.2) is 9.67 Å². The van der Waals surface area contributed by atoms with Crippen molar-refractivity contribution in [2.45, 2.75) is 39.0 Å². The van der Waals surface area contributed by atoms with Crippen molar-refractivity contribution in [2.24, 2.45) is 0 Å². The smallest absolute Gasteiger partial charge is 0.160 e. The lowest BCUT2D eigenvalue weighted by molar-refractivity contribution is 0.0818. The van der Waals surface area contributed by atoms with Gasteiger partial charge in [0.1, 0.15) is 5.75 Å². The molecule has 0 spiro atoms. The van der Waals surface area contributed by atoms with Crippen molar-refractivity contribution < 1.29 is 9.47 Å². The largest absolute Gasteiger partial charge is 0.495 e. The van der Waals surface area contributed by atoms with Gasteiger partial charge in [0.25, 0.3) is 0 Å². The number of aromatic nitrogens is 5. The molecule has 0 unspecified atom stereocenters. The number of halogens is 1. The third-order valence-corrected chi connectivity index (χ3v) is 6.73. The van der Waals surface area contributed by atoms with Gasteiger partial charge in [-0.3, -0.25) is 0 Å². The van der Waals surface area contributed by atoms with Crippen LogP contribution < -0.4 is 15.0 Å². The summed E-state index contributed by atoms with van der Waals surface area (Å²) in [7, 11) is 3.38. The lowest BCUT2D eigenvalue weighted by Crippen LogP contribution is -2.37. The van der Waals surface area contributed by atoms with Crippen LogP contribution >= 0.6 is 11.6 Å². The van der Waals surface area contributed by atoms with Crippen LogP contribution in [0, 0.1) is 0 Å². The van der Waals surface area contributed by atoms with E-state index in [1.54, 1.807) is 14.2 Å². The molecule has 0 amide bonds. The fourth-order valence-electron chi connectivity index (χ4n) is 4.55. The van der Waals surface area contributed by atoms with Crippen LogP contribution in [0.25, 0.3) is 21.8 Å². The van der Waals surface area contributed by atoms with Crippen LogP contribution in [-0.2, 0) is 17.8 Å².